The summed E-state index contributed by atoms with van der Waals surface area (Å²) in [5, 5.41) is 0. The lowest BCUT2D eigenvalue weighted by atomic mass is 9.90. The third-order valence-electron chi connectivity index (χ3n) is 5.39. The third kappa shape index (κ3) is 4.53. The molecule has 3 aliphatic heterocycles. The number of hydrogen-bond donors (Lipinski definition) is 0. The summed E-state index contributed by atoms with van der Waals surface area (Å²) in [6.07, 6.45) is 6.77. The van der Waals surface area contributed by atoms with Crippen molar-refractivity contribution >= 4 is 6.09 Å². The molecule has 4 nitrogen and oxygen atoms in total. The molecule has 3 saturated heterocycles. The van der Waals surface area contributed by atoms with Crippen LogP contribution < -0.4 is 0 Å². The molecule has 2 atom stereocenters. The molecule has 0 saturated carbocycles. The van der Waals surface area contributed by atoms with Crippen molar-refractivity contribution in [1.82, 2.24) is 9.80 Å². The van der Waals surface area contributed by atoms with Crippen molar-refractivity contribution in [3.8, 4) is 0 Å². The Bertz CT molecular complexity index is 404. The van der Waals surface area contributed by atoms with Crippen LogP contribution in [0.3, 0.4) is 0 Å². The largest absolute Gasteiger partial charge is 0.448 e. The summed E-state index contributed by atoms with van der Waals surface area (Å²) in [5.41, 5.74) is 1.64. The number of amides is 1. The molecular formula is C20H38N2O2. The van der Waals surface area contributed by atoms with Gasteiger partial charge in [0.15, 0.2) is 0 Å². The first kappa shape index (κ1) is 21.0. The predicted molar refractivity (Wildman–Crippen MR) is 101 cm³/mol. The van der Waals surface area contributed by atoms with Crippen molar-refractivity contribution in [2.75, 3.05) is 26.2 Å². The SMILES string of the molecule is C=C1CN2[C@H](COC(=O)N3CCCC3)CC[C@@]2(CC)C1.CC.CC. The van der Waals surface area contributed by atoms with Gasteiger partial charge in [-0.1, -0.05) is 46.8 Å². The number of likely N-dealkylation sites (tertiary alicyclic amines) is 1. The van der Waals surface area contributed by atoms with E-state index in [-0.39, 0.29) is 6.09 Å². The molecule has 0 aromatic heterocycles. The zero-order chi connectivity index (χ0) is 18.2. The van der Waals surface area contributed by atoms with Crippen LogP contribution in [0.1, 0.15) is 73.1 Å². The summed E-state index contributed by atoms with van der Waals surface area (Å²) in [7, 11) is 0. The van der Waals surface area contributed by atoms with Gasteiger partial charge < -0.3 is 9.64 Å². The minimum absolute atomic E-state index is 0.116. The van der Waals surface area contributed by atoms with Crippen molar-refractivity contribution in [2.45, 2.75) is 84.7 Å². The van der Waals surface area contributed by atoms with E-state index in [4.69, 9.17) is 4.74 Å². The molecule has 0 aromatic carbocycles. The molecule has 3 rings (SSSR count). The lowest BCUT2D eigenvalue weighted by molar-refractivity contribution is 0.0644. The van der Waals surface area contributed by atoms with Crippen molar-refractivity contribution in [3.63, 3.8) is 0 Å². The fourth-order valence-corrected chi connectivity index (χ4v) is 4.21. The lowest BCUT2D eigenvalue weighted by Crippen LogP contribution is -2.44. The van der Waals surface area contributed by atoms with Gasteiger partial charge in [0.2, 0.25) is 0 Å². The first-order chi connectivity index (χ1) is 11.6. The Kier molecular flexibility index (Phi) is 8.82. The van der Waals surface area contributed by atoms with Crippen molar-refractivity contribution in [1.29, 1.82) is 0 Å². The molecule has 24 heavy (non-hydrogen) atoms. The summed E-state index contributed by atoms with van der Waals surface area (Å²) >= 11 is 0. The van der Waals surface area contributed by atoms with E-state index in [2.05, 4.69) is 18.4 Å². The second kappa shape index (κ2) is 10.1. The van der Waals surface area contributed by atoms with Gasteiger partial charge in [-0.3, -0.25) is 4.90 Å². The number of fused-ring (bicyclic) bond motifs is 1. The van der Waals surface area contributed by atoms with Crippen LogP contribution in [0.5, 0.6) is 0 Å². The standard InChI is InChI=1S/C16H26N2O2.2C2H6/c1-3-16-7-6-14(18(16)11-13(2)10-16)12-20-15(19)17-8-4-5-9-17;2*1-2/h14H,2-12H2,1H3;2*1-2H3/t14-,16-;;/m0../s1. The summed E-state index contributed by atoms with van der Waals surface area (Å²) < 4.78 is 5.56. The predicted octanol–water partition coefficient (Wildman–Crippen LogP) is 4.84. The highest BCUT2D eigenvalue weighted by molar-refractivity contribution is 5.67. The Morgan fingerprint density at radius 3 is 2.46 bits per heavy atom. The minimum Gasteiger partial charge on any atom is -0.448 e. The minimum atomic E-state index is -0.116. The number of ether oxygens (including phenoxy) is 1. The number of hydrogen-bond acceptors (Lipinski definition) is 3. The van der Waals surface area contributed by atoms with Crippen LogP contribution in [-0.4, -0.2) is 53.7 Å². The molecule has 140 valence electrons. The van der Waals surface area contributed by atoms with E-state index in [1.54, 1.807) is 0 Å². The maximum absolute atomic E-state index is 12.0. The molecule has 0 aromatic rings. The van der Waals surface area contributed by atoms with Crippen molar-refractivity contribution in [3.05, 3.63) is 12.2 Å². The maximum Gasteiger partial charge on any atom is 0.409 e. The molecule has 0 spiro atoms. The highest BCUT2D eigenvalue weighted by Gasteiger charge is 2.49. The van der Waals surface area contributed by atoms with Crippen LogP contribution in [-0.2, 0) is 4.74 Å². The average molecular weight is 339 g/mol. The lowest BCUT2D eigenvalue weighted by Gasteiger charge is -2.33. The monoisotopic (exact) mass is 338 g/mol. The fourth-order valence-electron chi connectivity index (χ4n) is 4.21. The normalized spacial score (nSPS) is 28.6. The molecular weight excluding hydrogens is 300 g/mol. The van der Waals surface area contributed by atoms with Crippen molar-refractivity contribution < 1.29 is 9.53 Å². The second-order valence-electron chi connectivity index (χ2n) is 6.60. The smallest absolute Gasteiger partial charge is 0.409 e. The van der Waals surface area contributed by atoms with Gasteiger partial charge in [0.05, 0.1) is 0 Å². The molecule has 1 amide bonds. The summed E-state index contributed by atoms with van der Waals surface area (Å²) in [5.74, 6) is 0. The topological polar surface area (TPSA) is 32.8 Å². The molecule has 3 heterocycles. The van der Waals surface area contributed by atoms with Gasteiger partial charge in [0, 0.05) is 31.2 Å². The molecule has 0 unspecified atom stereocenters. The van der Waals surface area contributed by atoms with Crippen LogP contribution in [0.4, 0.5) is 4.79 Å². The molecule has 4 heteroatoms. The van der Waals surface area contributed by atoms with Crippen LogP contribution in [0.2, 0.25) is 0 Å². The number of carbonyl (C=O) groups excluding carboxylic acids is 1. The van der Waals surface area contributed by atoms with Crippen LogP contribution in [0.15, 0.2) is 12.2 Å². The first-order valence-electron chi connectivity index (χ1n) is 10.00. The van der Waals surface area contributed by atoms with E-state index in [1.807, 2.05) is 32.6 Å². The number of rotatable bonds is 3. The molecule has 3 aliphatic rings. The Labute approximate surface area is 149 Å². The molecule has 3 fully saturated rings. The van der Waals surface area contributed by atoms with E-state index in [9.17, 15) is 4.79 Å². The second-order valence-corrected chi connectivity index (χ2v) is 6.60. The third-order valence-corrected chi connectivity index (χ3v) is 5.39. The van der Waals surface area contributed by atoms with Gasteiger partial charge in [-0.05, 0) is 38.5 Å². The van der Waals surface area contributed by atoms with Gasteiger partial charge in [0.25, 0.3) is 0 Å². The quantitative estimate of drug-likeness (QED) is 0.690. The van der Waals surface area contributed by atoms with Gasteiger partial charge in [0.1, 0.15) is 6.61 Å². The van der Waals surface area contributed by atoms with E-state index in [1.165, 1.54) is 18.4 Å². The fraction of sp³-hybridized carbons (Fsp3) is 0.850. The van der Waals surface area contributed by atoms with Crippen LogP contribution in [0.25, 0.3) is 0 Å². The van der Waals surface area contributed by atoms with Gasteiger partial charge >= 0.3 is 6.09 Å². The van der Waals surface area contributed by atoms with Crippen molar-refractivity contribution in [2.24, 2.45) is 0 Å². The van der Waals surface area contributed by atoms with Crippen LogP contribution in [0, 0.1) is 0 Å². The Hall–Kier alpha value is -1.03. The maximum atomic E-state index is 12.0. The van der Waals surface area contributed by atoms with E-state index in [0.29, 0.717) is 18.2 Å². The highest BCUT2D eigenvalue weighted by atomic mass is 16.6. The Balaban J connectivity index is 0.000000671. The Morgan fingerprint density at radius 2 is 1.88 bits per heavy atom. The highest BCUT2D eigenvalue weighted by Crippen LogP contribution is 2.46. The van der Waals surface area contributed by atoms with Gasteiger partial charge in [-0.2, -0.15) is 0 Å². The van der Waals surface area contributed by atoms with E-state index in [0.717, 1.165) is 45.3 Å². The number of carbonyl (C=O) groups is 1. The molecule has 0 radical (unpaired) electrons. The van der Waals surface area contributed by atoms with Gasteiger partial charge in [-0.15, -0.1) is 0 Å². The Morgan fingerprint density at radius 1 is 1.25 bits per heavy atom. The average Bonchev–Trinajstić information content (AvgIpc) is 3.32. The summed E-state index contributed by atoms with van der Waals surface area (Å²) in [4.78, 5) is 16.4. The molecule has 0 bridgehead atoms. The van der Waals surface area contributed by atoms with E-state index < -0.39 is 0 Å². The zero-order valence-electron chi connectivity index (χ0n) is 16.6. The number of nitrogens with zero attached hydrogens (tertiary/aromatic N) is 2. The van der Waals surface area contributed by atoms with Crippen LogP contribution >= 0.6 is 0 Å². The zero-order valence-corrected chi connectivity index (χ0v) is 16.6. The van der Waals surface area contributed by atoms with Gasteiger partial charge in [-0.25, -0.2) is 4.79 Å². The first-order valence-corrected chi connectivity index (χ1v) is 10.00. The molecule has 0 N–H and O–H groups in total. The van der Waals surface area contributed by atoms with E-state index >= 15 is 0 Å². The summed E-state index contributed by atoms with van der Waals surface area (Å²) in [6.45, 7) is 17.7. The summed E-state index contributed by atoms with van der Waals surface area (Å²) in [6, 6.07) is 0.390. The molecule has 0 aliphatic carbocycles.